The molecule has 3 nitrogen and oxygen atoms in total. The van der Waals surface area contributed by atoms with Gasteiger partial charge in [0, 0.05) is 13.1 Å². The molecule has 0 saturated heterocycles. The maximum absolute atomic E-state index is 8.95. The summed E-state index contributed by atoms with van der Waals surface area (Å²) in [7, 11) is 2.11. The molecule has 0 fully saturated rings. The fourth-order valence-electron chi connectivity index (χ4n) is 1.88. The van der Waals surface area contributed by atoms with Crippen LogP contribution in [0.25, 0.3) is 0 Å². The van der Waals surface area contributed by atoms with Gasteiger partial charge in [0.25, 0.3) is 0 Å². The van der Waals surface area contributed by atoms with Gasteiger partial charge in [0.1, 0.15) is 0 Å². The highest BCUT2D eigenvalue weighted by Crippen LogP contribution is 2.01. The van der Waals surface area contributed by atoms with E-state index in [1.807, 2.05) is 13.0 Å². The van der Waals surface area contributed by atoms with Crippen LogP contribution in [0, 0.1) is 11.3 Å². The molecule has 0 aliphatic heterocycles. The Labute approximate surface area is 110 Å². The molecule has 0 aromatic heterocycles. The second kappa shape index (κ2) is 8.68. The van der Waals surface area contributed by atoms with E-state index >= 15 is 0 Å². The quantitative estimate of drug-likeness (QED) is 0.762. The van der Waals surface area contributed by atoms with Crippen molar-refractivity contribution in [2.45, 2.75) is 25.8 Å². The van der Waals surface area contributed by atoms with Crippen LogP contribution in [0.5, 0.6) is 0 Å². The van der Waals surface area contributed by atoms with Crippen molar-refractivity contribution < 1.29 is 0 Å². The van der Waals surface area contributed by atoms with Gasteiger partial charge in [-0.3, -0.25) is 0 Å². The SMILES string of the molecule is CCNC(C#N)CCN(C)CCc1ccccc1. The third kappa shape index (κ3) is 5.81. The van der Waals surface area contributed by atoms with E-state index in [1.54, 1.807) is 0 Å². The fourth-order valence-corrected chi connectivity index (χ4v) is 1.88. The number of nitrogens with zero attached hydrogens (tertiary/aromatic N) is 2. The van der Waals surface area contributed by atoms with Crippen molar-refractivity contribution in [3.63, 3.8) is 0 Å². The van der Waals surface area contributed by atoms with E-state index in [1.165, 1.54) is 5.56 Å². The van der Waals surface area contributed by atoms with Crippen molar-refractivity contribution in [3.05, 3.63) is 35.9 Å². The minimum absolute atomic E-state index is 0.0193. The van der Waals surface area contributed by atoms with E-state index in [-0.39, 0.29) is 6.04 Å². The molecule has 1 N–H and O–H groups in total. The van der Waals surface area contributed by atoms with E-state index in [0.29, 0.717) is 0 Å². The summed E-state index contributed by atoms with van der Waals surface area (Å²) in [5.74, 6) is 0. The van der Waals surface area contributed by atoms with Crippen molar-refractivity contribution in [3.8, 4) is 6.07 Å². The van der Waals surface area contributed by atoms with Crippen molar-refractivity contribution in [2.24, 2.45) is 0 Å². The van der Waals surface area contributed by atoms with E-state index in [2.05, 4.69) is 47.6 Å². The molecule has 0 saturated carbocycles. The van der Waals surface area contributed by atoms with E-state index < -0.39 is 0 Å². The van der Waals surface area contributed by atoms with Gasteiger partial charge in [-0.2, -0.15) is 5.26 Å². The lowest BCUT2D eigenvalue weighted by molar-refractivity contribution is 0.322. The van der Waals surface area contributed by atoms with Gasteiger partial charge in [-0.1, -0.05) is 37.3 Å². The molecule has 0 bridgehead atoms. The minimum atomic E-state index is -0.0193. The summed E-state index contributed by atoms with van der Waals surface area (Å²) in [6.45, 7) is 4.88. The van der Waals surface area contributed by atoms with Crippen LogP contribution < -0.4 is 5.32 Å². The van der Waals surface area contributed by atoms with Gasteiger partial charge < -0.3 is 10.2 Å². The molecule has 0 spiro atoms. The van der Waals surface area contributed by atoms with E-state index in [4.69, 9.17) is 5.26 Å². The van der Waals surface area contributed by atoms with Crippen LogP contribution in [-0.4, -0.2) is 37.6 Å². The number of hydrogen-bond acceptors (Lipinski definition) is 3. The van der Waals surface area contributed by atoms with Crippen molar-refractivity contribution in [1.82, 2.24) is 10.2 Å². The maximum Gasteiger partial charge on any atom is 0.0965 e. The molecule has 1 aromatic rings. The van der Waals surface area contributed by atoms with E-state index in [0.717, 1.165) is 32.5 Å². The molecule has 1 aromatic carbocycles. The summed E-state index contributed by atoms with van der Waals surface area (Å²) < 4.78 is 0. The van der Waals surface area contributed by atoms with Crippen molar-refractivity contribution >= 4 is 0 Å². The molecule has 0 aliphatic carbocycles. The Morgan fingerprint density at radius 1 is 1.28 bits per heavy atom. The molecule has 0 heterocycles. The van der Waals surface area contributed by atoms with Crippen molar-refractivity contribution in [1.29, 1.82) is 5.26 Å². The fraction of sp³-hybridized carbons (Fsp3) is 0.533. The molecule has 1 rings (SSSR count). The summed E-state index contributed by atoms with van der Waals surface area (Å²) in [6, 6.07) is 12.8. The number of likely N-dealkylation sites (N-methyl/N-ethyl adjacent to an activating group) is 1. The lowest BCUT2D eigenvalue weighted by Gasteiger charge is -2.18. The first kappa shape index (κ1) is 14.7. The second-order valence-electron chi connectivity index (χ2n) is 4.57. The first-order valence-electron chi connectivity index (χ1n) is 6.61. The lowest BCUT2D eigenvalue weighted by atomic mass is 10.1. The second-order valence-corrected chi connectivity index (χ2v) is 4.57. The predicted octanol–water partition coefficient (Wildman–Crippen LogP) is 2.05. The Morgan fingerprint density at radius 2 is 2.00 bits per heavy atom. The van der Waals surface area contributed by atoms with Crippen LogP contribution in [0.2, 0.25) is 0 Å². The van der Waals surface area contributed by atoms with Gasteiger partial charge in [0.05, 0.1) is 12.1 Å². The average Bonchev–Trinajstić information content (AvgIpc) is 2.42. The summed E-state index contributed by atoms with van der Waals surface area (Å²) >= 11 is 0. The molecule has 0 aliphatic rings. The Bertz CT molecular complexity index is 356. The molecule has 0 amide bonds. The smallest absolute Gasteiger partial charge is 0.0965 e. The Hall–Kier alpha value is -1.37. The Balaban J connectivity index is 2.21. The van der Waals surface area contributed by atoms with Gasteiger partial charge >= 0.3 is 0 Å². The van der Waals surface area contributed by atoms with Crippen LogP contribution in [0.3, 0.4) is 0 Å². The monoisotopic (exact) mass is 245 g/mol. The molecule has 3 heteroatoms. The van der Waals surface area contributed by atoms with Crippen LogP contribution in [-0.2, 0) is 6.42 Å². The van der Waals surface area contributed by atoms with Crippen LogP contribution in [0.1, 0.15) is 18.9 Å². The zero-order valence-electron chi connectivity index (χ0n) is 11.4. The first-order valence-corrected chi connectivity index (χ1v) is 6.61. The summed E-state index contributed by atoms with van der Waals surface area (Å²) in [5, 5.41) is 12.1. The van der Waals surface area contributed by atoms with Crippen molar-refractivity contribution in [2.75, 3.05) is 26.7 Å². The highest BCUT2D eigenvalue weighted by molar-refractivity contribution is 5.14. The first-order chi connectivity index (χ1) is 8.76. The average molecular weight is 245 g/mol. The summed E-state index contributed by atoms with van der Waals surface area (Å²) in [6.07, 6.45) is 1.95. The van der Waals surface area contributed by atoms with Crippen LogP contribution in [0.15, 0.2) is 30.3 Å². The van der Waals surface area contributed by atoms with Gasteiger partial charge in [0.15, 0.2) is 0 Å². The van der Waals surface area contributed by atoms with Gasteiger partial charge in [-0.15, -0.1) is 0 Å². The van der Waals surface area contributed by atoms with Gasteiger partial charge in [-0.05, 0) is 32.0 Å². The Kier molecular flexibility index (Phi) is 7.09. The predicted molar refractivity (Wildman–Crippen MR) is 75.3 cm³/mol. The molecular weight excluding hydrogens is 222 g/mol. The minimum Gasteiger partial charge on any atom is -0.306 e. The zero-order valence-corrected chi connectivity index (χ0v) is 11.4. The van der Waals surface area contributed by atoms with Gasteiger partial charge in [-0.25, -0.2) is 0 Å². The molecule has 98 valence electrons. The number of nitrogens with one attached hydrogen (secondary N) is 1. The lowest BCUT2D eigenvalue weighted by Crippen LogP contribution is -2.32. The van der Waals surface area contributed by atoms with Gasteiger partial charge in [0.2, 0.25) is 0 Å². The molecule has 1 atom stereocenters. The molecule has 18 heavy (non-hydrogen) atoms. The number of rotatable bonds is 8. The zero-order chi connectivity index (χ0) is 13.2. The normalized spacial score (nSPS) is 12.3. The molecule has 0 radical (unpaired) electrons. The summed E-state index contributed by atoms with van der Waals surface area (Å²) in [4.78, 5) is 2.29. The number of nitriles is 1. The molecule has 1 unspecified atom stereocenters. The summed E-state index contributed by atoms with van der Waals surface area (Å²) in [5.41, 5.74) is 1.37. The van der Waals surface area contributed by atoms with E-state index in [9.17, 15) is 0 Å². The Morgan fingerprint density at radius 3 is 2.61 bits per heavy atom. The maximum atomic E-state index is 8.95. The molecular formula is C15H23N3. The standard InChI is InChI=1S/C15H23N3/c1-3-17-15(13-16)10-12-18(2)11-9-14-7-5-4-6-8-14/h4-8,15,17H,3,9-12H2,1-2H3. The van der Waals surface area contributed by atoms with Crippen LogP contribution >= 0.6 is 0 Å². The third-order valence-corrected chi connectivity index (χ3v) is 3.03. The third-order valence-electron chi connectivity index (χ3n) is 3.03. The topological polar surface area (TPSA) is 39.1 Å². The largest absolute Gasteiger partial charge is 0.306 e. The highest BCUT2D eigenvalue weighted by atomic mass is 15.1. The number of hydrogen-bond donors (Lipinski definition) is 1. The van der Waals surface area contributed by atoms with Crippen LogP contribution in [0.4, 0.5) is 0 Å². The number of benzene rings is 1. The highest BCUT2D eigenvalue weighted by Gasteiger charge is 2.07.